The van der Waals surface area contributed by atoms with Crippen LogP contribution in [0.3, 0.4) is 0 Å². The molecular weight excluding hydrogens is 402 g/mol. The quantitative estimate of drug-likeness (QED) is 0.491. The second-order valence-corrected chi connectivity index (χ2v) is 7.39. The van der Waals surface area contributed by atoms with E-state index >= 15 is 0 Å². The summed E-state index contributed by atoms with van der Waals surface area (Å²) in [6.45, 7) is 5.00. The molecule has 0 saturated carbocycles. The Kier molecular flexibility index (Phi) is 5.76. The van der Waals surface area contributed by atoms with Crippen molar-refractivity contribution >= 4 is 28.5 Å². The number of amides is 1. The minimum atomic E-state index is -0.529. The van der Waals surface area contributed by atoms with Crippen molar-refractivity contribution in [3.63, 3.8) is 0 Å². The molecule has 4 aromatic rings. The third kappa shape index (κ3) is 4.04. The highest BCUT2D eigenvalue weighted by Crippen LogP contribution is 2.19. The lowest BCUT2D eigenvalue weighted by molar-refractivity contribution is -0.125. The van der Waals surface area contributed by atoms with Crippen LogP contribution in [0.5, 0.6) is 0 Å². The number of hydrogen-bond donors (Lipinski definition) is 1. The molecule has 0 aliphatic carbocycles. The van der Waals surface area contributed by atoms with Gasteiger partial charge in [-0.1, -0.05) is 30.7 Å². The number of carbonyl (C=O) groups is 1. The van der Waals surface area contributed by atoms with E-state index in [2.05, 4.69) is 30.3 Å². The van der Waals surface area contributed by atoms with Gasteiger partial charge in [0.15, 0.2) is 6.04 Å². The molecule has 4 rings (SSSR count). The number of fused-ring (bicyclic) bond motifs is 1. The van der Waals surface area contributed by atoms with E-state index in [1.54, 1.807) is 12.1 Å². The highest BCUT2D eigenvalue weighted by Gasteiger charge is 2.22. The second-order valence-electron chi connectivity index (χ2n) is 6.95. The van der Waals surface area contributed by atoms with Crippen molar-refractivity contribution in [3.8, 4) is 11.4 Å². The Bertz CT molecular complexity index is 1170. The molecule has 1 atom stereocenters. The van der Waals surface area contributed by atoms with Crippen LogP contribution >= 0.6 is 11.6 Å². The summed E-state index contributed by atoms with van der Waals surface area (Å²) in [5.74, 6) is 1.24. The number of nitrogens with zero attached hydrogens (tertiary/aromatic N) is 6. The normalized spacial score (nSPS) is 12.2. The number of aryl methyl sites for hydroxylation is 1. The summed E-state index contributed by atoms with van der Waals surface area (Å²) < 4.78 is 2.10. The molecule has 9 heteroatoms. The average molecular weight is 424 g/mol. The van der Waals surface area contributed by atoms with Gasteiger partial charge < -0.3 is 9.88 Å². The van der Waals surface area contributed by atoms with Crippen LogP contribution in [0, 0.1) is 6.92 Å². The van der Waals surface area contributed by atoms with Crippen molar-refractivity contribution in [1.29, 1.82) is 0 Å². The fraction of sp³-hybridized carbons (Fsp3) is 0.286. The van der Waals surface area contributed by atoms with Gasteiger partial charge in [-0.05, 0) is 55.0 Å². The maximum atomic E-state index is 12.8. The van der Waals surface area contributed by atoms with Crippen molar-refractivity contribution in [2.75, 3.05) is 6.54 Å². The zero-order valence-electron chi connectivity index (χ0n) is 16.8. The summed E-state index contributed by atoms with van der Waals surface area (Å²) in [4.78, 5) is 18.7. The van der Waals surface area contributed by atoms with E-state index in [0.29, 0.717) is 30.4 Å². The van der Waals surface area contributed by atoms with Crippen LogP contribution in [0.2, 0.25) is 5.02 Å². The minimum absolute atomic E-state index is 0.139. The van der Waals surface area contributed by atoms with Crippen LogP contribution in [0.1, 0.15) is 25.2 Å². The largest absolute Gasteiger partial charge is 0.352 e. The Balaban J connectivity index is 1.42. The number of halogens is 1. The first-order valence-electron chi connectivity index (χ1n) is 9.82. The monoisotopic (exact) mass is 423 g/mol. The molecule has 1 amide bonds. The van der Waals surface area contributed by atoms with Gasteiger partial charge in [0, 0.05) is 23.7 Å². The van der Waals surface area contributed by atoms with Crippen molar-refractivity contribution in [2.24, 2.45) is 0 Å². The molecule has 2 aromatic carbocycles. The minimum Gasteiger partial charge on any atom is -0.352 e. The Labute approximate surface area is 178 Å². The summed E-state index contributed by atoms with van der Waals surface area (Å²) in [7, 11) is 0. The molecule has 0 aliphatic heterocycles. The van der Waals surface area contributed by atoms with E-state index < -0.39 is 6.04 Å². The number of para-hydroxylation sites is 2. The van der Waals surface area contributed by atoms with Crippen molar-refractivity contribution < 1.29 is 4.79 Å². The maximum Gasteiger partial charge on any atom is 0.246 e. The smallest absolute Gasteiger partial charge is 0.246 e. The number of tetrazole rings is 1. The third-order valence-electron chi connectivity index (χ3n) is 4.98. The number of rotatable bonds is 7. The van der Waals surface area contributed by atoms with Crippen molar-refractivity contribution in [2.45, 2.75) is 32.9 Å². The van der Waals surface area contributed by atoms with Gasteiger partial charge >= 0.3 is 0 Å². The van der Waals surface area contributed by atoms with E-state index in [4.69, 9.17) is 11.6 Å². The molecule has 0 saturated heterocycles. The summed E-state index contributed by atoms with van der Waals surface area (Å²) in [5.41, 5.74) is 2.81. The van der Waals surface area contributed by atoms with Gasteiger partial charge in [-0.3, -0.25) is 4.79 Å². The van der Waals surface area contributed by atoms with Crippen LogP contribution < -0.4 is 5.32 Å². The average Bonchev–Trinajstić information content (AvgIpc) is 3.34. The van der Waals surface area contributed by atoms with E-state index in [1.807, 2.05) is 50.2 Å². The number of nitrogens with one attached hydrogen (secondary N) is 1. The number of imidazole rings is 1. The summed E-state index contributed by atoms with van der Waals surface area (Å²) >= 11 is 5.93. The van der Waals surface area contributed by atoms with Gasteiger partial charge in [0.1, 0.15) is 5.82 Å². The molecule has 0 unspecified atom stereocenters. The van der Waals surface area contributed by atoms with Crippen LogP contribution in [0.15, 0.2) is 48.5 Å². The van der Waals surface area contributed by atoms with E-state index in [9.17, 15) is 4.79 Å². The summed E-state index contributed by atoms with van der Waals surface area (Å²) in [6.07, 6.45) is 0.551. The fourth-order valence-corrected chi connectivity index (χ4v) is 3.54. The SMILES string of the molecule is CC[C@H](C(=O)NCCn1c(C)nc2ccccc21)n1nnc(-c2ccc(Cl)cc2)n1. The summed E-state index contributed by atoms with van der Waals surface area (Å²) in [5, 5.41) is 16.2. The van der Waals surface area contributed by atoms with Crippen LogP contribution in [0.4, 0.5) is 0 Å². The first-order valence-corrected chi connectivity index (χ1v) is 10.2. The molecule has 8 nitrogen and oxygen atoms in total. The van der Waals surface area contributed by atoms with Gasteiger partial charge in [0.2, 0.25) is 11.7 Å². The molecule has 0 fully saturated rings. The van der Waals surface area contributed by atoms with Crippen LogP contribution in [0.25, 0.3) is 22.4 Å². The molecule has 0 aliphatic rings. The number of hydrogen-bond acceptors (Lipinski definition) is 5. The highest BCUT2D eigenvalue weighted by molar-refractivity contribution is 6.30. The van der Waals surface area contributed by atoms with Crippen LogP contribution in [-0.4, -0.2) is 42.2 Å². The molecule has 0 spiro atoms. The first-order chi connectivity index (χ1) is 14.6. The molecule has 2 aromatic heterocycles. The summed E-state index contributed by atoms with van der Waals surface area (Å²) in [6, 6.07) is 14.6. The van der Waals surface area contributed by atoms with Crippen molar-refractivity contribution in [3.05, 3.63) is 59.4 Å². The highest BCUT2D eigenvalue weighted by atomic mass is 35.5. The van der Waals surface area contributed by atoms with E-state index in [-0.39, 0.29) is 5.91 Å². The Morgan fingerprint density at radius 3 is 2.70 bits per heavy atom. The number of aromatic nitrogens is 6. The lowest BCUT2D eigenvalue weighted by atomic mass is 10.2. The van der Waals surface area contributed by atoms with E-state index in [0.717, 1.165) is 22.4 Å². The van der Waals surface area contributed by atoms with Gasteiger partial charge in [-0.2, -0.15) is 4.80 Å². The van der Waals surface area contributed by atoms with Gasteiger partial charge in [0.05, 0.1) is 11.0 Å². The van der Waals surface area contributed by atoms with Crippen molar-refractivity contribution in [1.82, 2.24) is 35.1 Å². The number of carbonyl (C=O) groups excluding carboxylic acids is 1. The molecule has 30 heavy (non-hydrogen) atoms. The lowest BCUT2D eigenvalue weighted by Gasteiger charge is -2.14. The van der Waals surface area contributed by atoms with Gasteiger partial charge in [-0.15, -0.1) is 10.2 Å². The zero-order chi connectivity index (χ0) is 21.1. The Hall–Kier alpha value is -3.26. The first kappa shape index (κ1) is 20.0. The van der Waals surface area contributed by atoms with Gasteiger partial charge in [-0.25, -0.2) is 4.98 Å². The molecule has 0 bridgehead atoms. The predicted octanol–water partition coefficient (Wildman–Crippen LogP) is 3.42. The standard InChI is InChI=1S/C21H22ClN7O/c1-3-18(29-26-20(25-27-29)15-8-10-16(22)11-9-15)21(30)23-12-13-28-14(2)24-17-6-4-5-7-19(17)28/h4-11,18H,3,12-13H2,1-2H3,(H,23,30)/t18-/m1/s1. The zero-order valence-corrected chi connectivity index (χ0v) is 17.5. The second kappa shape index (κ2) is 8.62. The molecule has 2 heterocycles. The third-order valence-corrected chi connectivity index (χ3v) is 5.23. The topological polar surface area (TPSA) is 90.5 Å². The lowest BCUT2D eigenvalue weighted by Crippen LogP contribution is -2.35. The molecular formula is C21H22ClN7O. The Morgan fingerprint density at radius 2 is 1.93 bits per heavy atom. The van der Waals surface area contributed by atoms with Crippen LogP contribution in [-0.2, 0) is 11.3 Å². The Morgan fingerprint density at radius 1 is 1.17 bits per heavy atom. The number of benzene rings is 2. The van der Waals surface area contributed by atoms with E-state index in [1.165, 1.54) is 4.80 Å². The molecule has 1 N–H and O–H groups in total. The maximum absolute atomic E-state index is 12.8. The molecule has 0 radical (unpaired) electrons. The van der Waals surface area contributed by atoms with Gasteiger partial charge in [0.25, 0.3) is 0 Å². The fourth-order valence-electron chi connectivity index (χ4n) is 3.41. The predicted molar refractivity (Wildman–Crippen MR) is 115 cm³/mol. The molecule has 154 valence electrons.